The third-order valence-electron chi connectivity index (χ3n) is 3.83. The molecular formula is C15H22BrNO. The molecule has 2 nitrogen and oxygen atoms in total. The molecule has 18 heavy (non-hydrogen) atoms. The minimum absolute atomic E-state index is 0.348. The van der Waals surface area contributed by atoms with E-state index in [0.717, 1.165) is 4.47 Å². The van der Waals surface area contributed by atoms with Crippen LogP contribution in [0.15, 0.2) is 16.6 Å². The quantitative estimate of drug-likeness (QED) is 0.891. The molecule has 1 saturated carbocycles. The van der Waals surface area contributed by atoms with Crippen LogP contribution in [0.3, 0.4) is 0 Å². The molecule has 1 aliphatic carbocycles. The molecule has 0 aliphatic heterocycles. The summed E-state index contributed by atoms with van der Waals surface area (Å²) >= 11 is 3.55. The lowest BCUT2D eigenvalue weighted by Gasteiger charge is -2.32. The summed E-state index contributed by atoms with van der Waals surface area (Å²) in [6.07, 6.45) is 5.30. The van der Waals surface area contributed by atoms with Crippen LogP contribution in [0.25, 0.3) is 0 Å². The lowest BCUT2D eigenvalue weighted by molar-refractivity contribution is 0.0606. The zero-order valence-electron chi connectivity index (χ0n) is 11.4. The summed E-state index contributed by atoms with van der Waals surface area (Å²) in [5, 5.41) is 3.70. The monoisotopic (exact) mass is 311 g/mol. The number of benzene rings is 1. The van der Waals surface area contributed by atoms with Crippen LogP contribution < -0.4 is 5.32 Å². The van der Waals surface area contributed by atoms with E-state index in [1.807, 2.05) is 7.11 Å². The first-order chi connectivity index (χ1) is 8.61. The summed E-state index contributed by atoms with van der Waals surface area (Å²) in [7, 11) is 1.83. The number of hydrogen-bond acceptors (Lipinski definition) is 2. The molecule has 3 heteroatoms. The average molecular weight is 312 g/mol. The second kappa shape index (κ2) is 6.07. The minimum Gasteiger partial charge on any atom is -0.379 e. The molecule has 0 spiro atoms. The van der Waals surface area contributed by atoms with Crippen molar-refractivity contribution in [3.8, 4) is 0 Å². The van der Waals surface area contributed by atoms with E-state index in [1.165, 1.54) is 42.5 Å². The Hall–Kier alpha value is -0.540. The number of methoxy groups -OCH3 is 1. The number of anilines is 1. The Bertz CT molecular complexity index is 396. The van der Waals surface area contributed by atoms with Crippen molar-refractivity contribution in [2.75, 3.05) is 12.4 Å². The molecule has 0 amide bonds. The van der Waals surface area contributed by atoms with Gasteiger partial charge in [0.1, 0.15) is 0 Å². The van der Waals surface area contributed by atoms with E-state index >= 15 is 0 Å². The molecule has 1 aromatic carbocycles. The minimum atomic E-state index is 0.348. The highest BCUT2D eigenvalue weighted by Crippen LogP contribution is 2.29. The van der Waals surface area contributed by atoms with Crippen LogP contribution in [0.2, 0.25) is 0 Å². The van der Waals surface area contributed by atoms with Crippen molar-refractivity contribution in [3.05, 3.63) is 27.7 Å². The Labute approximate surface area is 118 Å². The molecule has 1 N–H and O–H groups in total. The Morgan fingerprint density at radius 2 is 1.78 bits per heavy atom. The predicted molar refractivity (Wildman–Crippen MR) is 80.3 cm³/mol. The van der Waals surface area contributed by atoms with Gasteiger partial charge in [0, 0.05) is 17.3 Å². The highest BCUT2D eigenvalue weighted by molar-refractivity contribution is 9.10. The largest absolute Gasteiger partial charge is 0.379 e. The molecule has 0 saturated heterocycles. The van der Waals surface area contributed by atoms with Crippen molar-refractivity contribution < 1.29 is 4.74 Å². The lowest BCUT2D eigenvalue weighted by Crippen LogP contribution is -2.38. The zero-order valence-corrected chi connectivity index (χ0v) is 13.0. The molecule has 0 heterocycles. The van der Waals surface area contributed by atoms with Crippen LogP contribution in [0.1, 0.15) is 36.8 Å². The average Bonchev–Trinajstić information content (AvgIpc) is 2.34. The number of halogens is 1. The fourth-order valence-electron chi connectivity index (χ4n) is 2.87. The molecule has 2 atom stereocenters. The van der Waals surface area contributed by atoms with Crippen molar-refractivity contribution in [1.82, 2.24) is 0 Å². The first-order valence-electron chi connectivity index (χ1n) is 6.68. The van der Waals surface area contributed by atoms with Crippen molar-refractivity contribution >= 4 is 21.6 Å². The van der Waals surface area contributed by atoms with Gasteiger partial charge in [-0.25, -0.2) is 0 Å². The first kappa shape index (κ1) is 13.9. The van der Waals surface area contributed by atoms with Crippen LogP contribution in [-0.4, -0.2) is 19.3 Å². The highest BCUT2D eigenvalue weighted by Gasteiger charge is 2.25. The van der Waals surface area contributed by atoms with Crippen LogP contribution in [0.5, 0.6) is 0 Å². The summed E-state index contributed by atoms with van der Waals surface area (Å²) in [6.45, 7) is 4.31. The number of hydrogen-bond donors (Lipinski definition) is 1. The Morgan fingerprint density at radius 1 is 1.17 bits per heavy atom. The second-order valence-electron chi connectivity index (χ2n) is 5.22. The standard InChI is InChI=1S/C15H22BrNO/c1-10-8-12(16)9-11(2)15(10)17-13-6-4-5-7-14(13)18-3/h8-9,13-14,17H,4-7H2,1-3H3. The van der Waals surface area contributed by atoms with E-state index < -0.39 is 0 Å². The van der Waals surface area contributed by atoms with Crippen molar-refractivity contribution in [3.63, 3.8) is 0 Å². The number of nitrogens with one attached hydrogen (secondary N) is 1. The number of ether oxygens (including phenoxy) is 1. The van der Waals surface area contributed by atoms with E-state index in [4.69, 9.17) is 4.74 Å². The van der Waals surface area contributed by atoms with E-state index in [2.05, 4.69) is 47.2 Å². The molecule has 1 aliphatic rings. The molecule has 100 valence electrons. The fraction of sp³-hybridized carbons (Fsp3) is 0.600. The van der Waals surface area contributed by atoms with Gasteiger partial charge in [-0.2, -0.15) is 0 Å². The van der Waals surface area contributed by atoms with E-state index in [1.54, 1.807) is 0 Å². The van der Waals surface area contributed by atoms with Crippen LogP contribution in [0, 0.1) is 13.8 Å². The molecule has 1 aromatic rings. The maximum absolute atomic E-state index is 5.61. The third kappa shape index (κ3) is 3.07. The molecule has 0 aromatic heterocycles. The molecule has 2 unspecified atom stereocenters. The van der Waals surface area contributed by atoms with Gasteiger partial charge < -0.3 is 10.1 Å². The molecule has 1 fully saturated rings. The number of rotatable bonds is 3. The Kier molecular flexibility index (Phi) is 4.68. The normalized spacial score (nSPS) is 24.0. The summed E-state index contributed by atoms with van der Waals surface area (Å²) in [6, 6.07) is 4.78. The van der Waals surface area contributed by atoms with Crippen molar-refractivity contribution in [2.24, 2.45) is 0 Å². The second-order valence-corrected chi connectivity index (χ2v) is 6.14. The van der Waals surface area contributed by atoms with Crippen LogP contribution >= 0.6 is 15.9 Å². The van der Waals surface area contributed by atoms with E-state index in [0.29, 0.717) is 12.1 Å². The molecule has 2 rings (SSSR count). The smallest absolute Gasteiger partial charge is 0.0772 e. The van der Waals surface area contributed by atoms with Crippen molar-refractivity contribution in [2.45, 2.75) is 51.7 Å². The van der Waals surface area contributed by atoms with Crippen LogP contribution in [0.4, 0.5) is 5.69 Å². The molecule has 0 bridgehead atoms. The van der Waals surface area contributed by atoms with E-state index in [-0.39, 0.29) is 0 Å². The Balaban J connectivity index is 2.17. The highest BCUT2D eigenvalue weighted by atomic mass is 79.9. The van der Waals surface area contributed by atoms with Crippen molar-refractivity contribution in [1.29, 1.82) is 0 Å². The lowest BCUT2D eigenvalue weighted by atomic mass is 9.91. The fourth-order valence-corrected chi connectivity index (χ4v) is 3.55. The van der Waals surface area contributed by atoms with Gasteiger partial charge in [-0.3, -0.25) is 0 Å². The first-order valence-corrected chi connectivity index (χ1v) is 7.47. The summed E-state index contributed by atoms with van der Waals surface area (Å²) in [4.78, 5) is 0. The van der Waals surface area contributed by atoms with Gasteiger partial charge in [0.25, 0.3) is 0 Å². The third-order valence-corrected chi connectivity index (χ3v) is 4.29. The van der Waals surface area contributed by atoms with E-state index in [9.17, 15) is 0 Å². The summed E-state index contributed by atoms with van der Waals surface area (Å²) in [5.41, 5.74) is 3.86. The predicted octanol–water partition coefficient (Wildman–Crippen LogP) is 4.44. The van der Waals surface area contributed by atoms with Gasteiger partial charge in [0.05, 0.1) is 12.1 Å². The molecular weight excluding hydrogens is 290 g/mol. The van der Waals surface area contributed by atoms with Gasteiger partial charge in [-0.15, -0.1) is 0 Å². The number of aryl methyl sites for hydroxylation is 2. The maximum atomic E-state index is 5.61. The topological polar surface area (TPSA) is 21.3 Å². The van der Waals surface area contributed by atoms with Gasteiger partial charge >= 0.3 is 0 Å². The summed E-state index contributed by atoms with van der Waals surface area (Å²) < 4.78 is 6.76. The SMILES string of the molecule is COC1CCCCC1Nc1c(C)cc(Br)cc1C. The maximum Gasteiger partial charge on any atom is 0.0772 e. The summed E-state index contributed by atoms with van der Waals surface area (Å²) in [5.74, 6) is 0. The molecule has 0 radical (unpaired) electrons. The van der Waals surface area contributed by atoms with Gasteiger partial charge in [-0.1, -0.05) is 28.8 Å². The van der Waals surface area contributed by atoms with Gasteiger partial charge in [0.2, 0.25) is 0 Å². The zero-order chi connectivity index (χ0) is 13.1. The van der Waals surface area contributed by atoms with Gasteiger partial charge in [-0.05, 0) is 49.9 Å². The Morgan fingerprint density at radius 3 is 2.39 bits per heavy atom. The van der Waals surface area contributed by atoms with Gasteiger partial charge in [0.15, 0.2) is 0 Å². The van der Waals surface area contributed by atoms with Crippen LogP contribution in [-0.2, 0) is 4.74 Å².